The molecule has 2 heterocycles. The zero-order valence-electron chi connectivity index (χ0n) is 7.44. The van der Waals surface area contributed by atoms with Crippen molar-refractivity contribution in [1.82, 2.24) is 10.4 Å². The smallest absolute Gasteiger partial charge is 0.104 e. The van der Waals surface area contributed by atoms with Crippen molar-refractivity contribution < 1.29 is 0 Å². The Balaban J connectivity index is 2.12. The molecule has 3 nitrogen and oxygen atoms in total. The molecule has 1 aliphatic rings. The predicted molar refractivity (Wildman–Crippen MR) is 53.5 cm³/mol. The van der Waals surface area contributed by atoms with E-state index in [9.17, 15) is 0 Å². The Kier molecular flexibility index (Phi) is 2.38. The third-order valence-electron chi connectivity index (χ3n) is 2.21. The summed E-state index contributed by atoms with van der Waals surface area (Å²) in [6, 6.07) is 3.94. The summed E-state index contributed by atoms with van der Waals surface area (Å²) in [4.78, 5) is 4.05. The van der Waals surface area contributed by atoms with E-state index in [1.54, 1.807) is 6.20 Å². The third-order valence-corrected chi connectivity index (χ3v) is 2.73. The molecular formula is C9H12ClN3. The topological polar surface area (TPSA) is 28.2 Å². The lowest BCUT2D eigenvalue weighted by Gasteiger charge is -2.17. The predicted octanol–water partition coefficient (Wildman–Crippen LogP) is 1.61. The molecule has 4 heteroatoms. The van der Waals surface area contributed by atoms with Crippen LogP contribution in [-0.4, -0.2) is 17.0 Å². The molecule has 2 rings (SSSR count). The minimum atomic E-state index is 0.0280. The quantitative estimate of drug-likeness (QED) is 0.548. The normalized spacial score (nSPS) is 28.0. The van der Waals surface area contributed by atoms with E-state index < -0.39 is 0 Å². The minimum Gasteiger partial charge on any atom is -0.305 e. The van der Waals surface area contributed by atoms with Crippen molar-refractivity contribution in [3.05, 3.63) is 24.5 Å². The maximum Gasteiger partial charge on any atom is 0.104 e. The average Bonchev–Trinajstić information content (AvgIpc) is 2.49. The van der Waals surface area contributed by atoms with Gasteiger partial charge >= 0.3 is 0 Å². The molecule has 1 fully saturated rings. The minimum absolute atomic E-state index is 0.0280. The van der Waals surface area contributed by atoms with Crippen molar-refractivity contribution in [3.63, 3.8) is 0 Å². The van der Waals surface area contributed by atoms with Crippen LogP contribution in [0.1, 0.15) is 6.92 Å². The first kappa shape index (κ1) is 8.78. The summed E-state index contributed by atoms with van der Waals surface area (Å²) in [5, 5.41) is 2.04. The number of aromatic nitrogens is 1. The molecule has 0 radical (unpaired) electrons. The van der Waals surface area contributed by atoms with E-state index in [2.05, 4.69) is 17.3 Å². The van der Waals surface area contributed by atoms with Gasteiger partial charge in [0.15, 0.2) is 0 Å². The summed E-state index contributed by atoms with van der Waals surface area (Å²) >= 11 is 6.03. The number of hydrogen-bond donors (Lipinski definition) is 1. The maximum atomic E-state index is 6.03. The van der Waals surface area contributed by atoms with Crippen LogP contribution in [0.25, 0.3) is 0 Å². The van der Waals surface area contributed by atoms with Gasteiger partial charge in [0.25, 0.3) is 0 Å². The van der Waals surface area contributed by atoms with Crippen LogP contribution in [-0.2, 0) is 0 Å². The zero-order chi connectivity index (χ0) is 9.26. The first-order chi connectivity index (χ1) is 6.27. The SMILES string of the molecule is CC1CN(c2cccnc2)NC1Cl. The van der Waals surface area contributed by atoms with Crippen molar-refractivity contribution in [2.75, 3.05) is 11.6 Å². The Morgan fingerprint density at radius 2 is 2.54 bits per heavy atom. The molecule has 13 heavy (non-hydrogen) atoms. The molecule has 0 aromatic carbocycles. The first-order valence-corrected chi connectivity index (χ1v) is 4.79. The van der Waals surface area contributed by atoms with Gasteiger partial charge in [0.1, 0.15) is 5.50 Å². The summed E-state index contributed by atoms with van der Waals surface area (Å²) in [6.07, 6.45) is 3.59. The lowest BCUT2D eigenvalue weighted by molar-refractivity contribution is 0.631. The number of pyridine rings is 1. The summed E-state index contributed by atoms with van der Waals surface area (Å²) in [6.45, 7) is 3.06. The number of rotatable bonds is 1. The van der Waals surface area contributed by atoms with Crippen molar-refractivity contribution in [1.29, 1.82) is 0 Å². The second-order valence-electron chi connectivity index (χ2n) is 3.33. The Morgan fingerprint density at radius 3 is 3.08 bits per heavy atom. The van der Waals surface area contributed by atoms with Crippen molar-refractivity contribution >= 4 is 17.3 Å². The van der Waals surface area contributed by atoms with E-state index >= 15 is 0 Å². The monoisotopic (exact) mass is 197 g/mol. The fourth-order valence-electron chi connectivity index (χ4n) is 1.40. The number of nitrogens with zero attached hydrogens (tertiary/aromatic N) is 2. The molecule has 1 aromatic heterocycles. The molecule has 2 atom stereocenters. The fraction of sp³-hybridized carbons (Fsp3) is 0.444. The van der Waals surface area contributed by atoms with E-state index in [-0.39, 0.29) is 5.50 Å². The lowest BCUT2D eigenvalue weighted by atomic mass is 10.2. The number of nitrogens with one attached hydrogen (secondary N) is 1. The van der Waals surface area contributed by atoms with E-state index in [0.29, 0.717) is 5.92 Å². The molecule has 1 saturated heterocycles. The van der Waals surface area contributed by atoms with Crippen LogP contribution in [0, 0.1) is 5.92 Å². The van der Waals surface area contributed by atoms with Gasteiger partial charge in [-0.15, -0.1) is 11.6 Å². The Bertz CT molecular complexity index is 267. The van der Waals surface area contributed by atoms with Gasteiger partial charge in [-0.1, -0.05) is 6.92 Å². The highest BCUT2D eigenvalue weighted by molar-refractivity contribution is 6.20. The molecule has 70 valence electrons. The van der Waals surface area contributed by atoms with Crippen LogP contribution in [0.5, 0.6) is 0 Å². The molecule has 1 N–H and O–H groups in total. The standard InChI is InChI=1S/C9H12ClN3/c1-7-6-13(12-9(7)10)8-3-2-4-11-5-8/h2-5,7,9,12H,6H2,1H3. The second-order valence-corrected chi connectivity index (χ2v) is 3.80. The van der Waals surface area contributed by atoms with E-state index in [1.165, 1.54) is 0 Å². The van der Waals surface area contributed by atoms with Crippen LogP contribution in [0.15, 0.2) is 24.5 Å². The van der Waals surface area contributed by atoms with Crippen LogP contribution >= 0.6 is 11.6 Å². The van der Waals surface area contributed by atoms with Gasteiger partial charge in [-0.25, -0.2) is 5.43 Å². The van der Waals surface area contributed by atoms with Crippen molar-refractivity contribution in [2.24, 2.45) is 5.92 Å². The molecule has 2 unspecified atom stereocenters. The van der Waals surface area contributed by atoms with E-state index in [0.717, 1.165) is 12.2 Å². The maximum absolute atomic E-state index is 6.03. The van der Waals surface area contributed by atoms with Crippen molar-refractivity contribution in [2.45, 2.75) is 12.4 Å². The lowest BCUT2D eigenvalue weighted by Crippen LogP contribution is -2.33. The van der Waals surface area contributed by atoms with Gasteiger partial charge in [-0.2, -0.15) is 0 Å². The Morgan fingerprint density at radius 1 is 1.69 bits per heavy atom. The fourth-order valence-corrected chi connectivity index (χ4v) is 1.60. The van der Waals surface area contributed by atoms with Gasteiger partial charge in [-0.05, 0) is 12.1 Å². The highest BCUT2D eigenvalue weighted by atomic mass is 35.5. The molecule has 1 aromatic rings. The molecular weight excluding hydrogens is 186 g/mol. The largest absolute Gasteiger partial charge is 0.305 e. The third kappa shape index (κ3) is 1.76. The Hall–Kier alpha value is -0.800. The first-order valence-electron chi connectivity index (χ1n) is 4.35. The highest BCUT2D eigenvalue weighted by Gasteiger charge is 2.27. The van der Waals surface area contributed by atoms with Crippen LogP contribution in [0.2, 0.25) is 0 Å². The average molecular weight is 198 g/mol. The van der Waals surface area contributed by atoms with Gasteiger partial charge in [0, 0.05) is 18.7 Å². The summed E-state index contributed by atoms with van der Waals surface area (Å²) in [5.41, 5.74) is 4.27. The summed E-state index contributed by atoms with van der Waals surface area (Å²) < 4.78 is 0. The molecule has 0 spiro atoms. The summed E-state index contributed by atoms with van der Waals surface area (Å²) in [5.74, 6) is 0.460. The molecule has 0 saturated carbocycles. The van der Waals surface area contributed by atoms with Crippen LogP contribution in [0.4, 0.5) is 5.69 Å². The number of hydrazine groups is 1. The zero-order valence-corrected chi connectivity index (χ0v) is 8.20. The van der Waals surface area contributed by atoms with Gasteiger partial charge < -0.3 is 5.01 Å². The van der Waals surface area contributed by atoms with Gasteiger partial charge in [-0.3, -0.25) is 4.98 Å². The van der Waals surface area contributed by atoms with Gasteiger partial charge in [0.05, 0.1) is 11.9 Å². The Labute approximate surface area is 82.7 Å². The molecule has 0 amide bonds. The number of alkyl halides is 1. The van der Waals surface area contributed by atoms with Gasteiger partial charge in [0.2, 0.25) is 0 Å². The summed E-state index contributed by atoms with van der Waals surface area (Å²) in [7, 11) is 0. The highest BCUT2D eigenvalue weighted by Crippen LogP contribution is 2.21. The van der Waals surface area contributed by atoms with Crippen LogP contribution in [0.3, 0.4) is 0 Å². The van der Waals surface area contributed by atoms with Crippen molar-refractivity contribution in [3.8, 4) is 0 Å². The number of hydrogen-bond acceptors (Lipinski definition) is 3. The molecule has 0 bridgehead atoms. The van der Waals surface area contributed by atoms with E-state index in [1.807, 2.05) is 23.3 Å². The molecule has 0 aliphatic carbocycles. The second kappa shape index (κ2) is 3.52. The van der Waals surface area contributed by atoms with Crippen LogP contribution < -0.4 is 10.4 Å². The number of halogens is 1. The number of anilines is 1. The molecule has 1 aliphatic heterocycles. The van der Waals surface area contributed by atoms with E-state index in [4.69, 9.17) is 11.6 Å².